The molecule has 19 heavy (non-hydrogen) atoms. The highest BCUT2D eigenvalue weighted by atomic mass is 35.5. The number of aromatic nitrogens is 2. The number of benzene rings is 1. The average molecular weight is 297 g/mol. The van der Waals surface area contributed by atoms with E-state index in [0.717, 1.165) is 0 Å². The van der Waals surface area contributed by atoms with Crippen LogP contribution in [0.15, 0.2) is 35.5 Å². The van der Waals surface area contributed by atoms with E-state index in [9.17, 15) is 10.1 Å². The van der Waals surface area contributed by atoms with Gasteiger partial charge in [-0.2, -0.15) is 0 Å². The Balaban J connectivity index is 2.21. The third kappa shape index (κ3) is 3.55. The number of non-ortho nitro benzene ring substituents is 1. The van der Waals surface area contributed by atoms with Crippen LogP contribution >= 0.6 is 23.4 Å². The van der Waals surface area contributed by atoms with E-state index in [4.69, 9.17) is 11.6 Å². The number of thioether (sulfide) groups is 1. The molecule has 0 bridgehead atoms. The lowest BCUT2D eigenvalue weighted by Gasteiger charge is -2.06. The molecule has 1 aromatic carbocycles. The highest BCUT2D eigenvalue weighted by Gasteiger charge is 2.06. The van der Waals surface area contributed by atoms with Crippen LogP contribution in [0.2, 0.25) is 5.15 Å². The Labute approximate surface area is 118 Å². The van der Waals surface area contributed by atoms with E-state index in [1.807, 2.05) is 6.26 Å². The zero-order valence-electron chi connectivity index (χ0n) is 9.83. The summed E-state index contributed by atoms with van der Waals surface area (Å²) < 4.78 is 0. The zero-order valence-corrected chi connectivity index (χ0v) is 11.4. The number of nitro groups is 1. The van der Waals surface area contributed by atoms with Gasteiger partial charge >= 0.3 is 0 Å². The van der Waals surface area contributed by atoms with Crippen LogP contribution in [0.5, 0.6) is 0 Å². The van der Waals surface area contributed by atoms with Gasteiger partial charge in [-0.15, -0.1) is 0 Å². The molecule has 0 spiro atoms. The Kier molecular flexibility index (Phi) is 4.18. The number of hydrogen-bond acceptors (Lipinski definition) is 6. The minimum atomic E-state index is -0.447. The van der Waals surface area contributed by atoms with Crippen molar-refractivity contribution in [2.45, 2.75) is 5.16 Å². The Bertz CT molecular complexity index is 606. The first kappa shape index (κ1) is 13.6. The number of nitrogens with one attached hydrogen (secondary N) is 1. The average Bonchev–Trinajstić information content (AvgIpc) is 2.38. The predicted molar refractivity (Wildman–Crippen MR) is 75.2 cm³/mol. The summed E-state index contributed by atoms with van der Waals surface area (Å²) in [6, 6.07) is 7.63. The normalized spacial score (nSPS) is 10.2. The van der Waals surface area contributed by atoms with Crippen LogP contribution < -0.4 is 5.32 Å². The van der Waals surface area contributed by atoms with Gasteiger partial charge in [-0.25, -0.2) is 9.97 Å². The first-order valence-corrected chi connectivity index (χ1v) is 6.79. The predicted octanol–water partition coefficient (Wildman–Crippen LogP) is 3.50. The van der Waals surface area contributed by atoms with Gasteiger partial charge in [0.15, 0.2) is 5.16 Å². The molecule has 0 atom stereocenters. The van der Waals surface area contributed by atoms with Crippen molar-refractivity contribution in [3.63, 3.8) is 0 Å². The molecule has 0 unspecified atom stereocenters. The zero-order chi connectivity index (χ0) is 13.8. The number of nitrogens with zero attached hydrogens (tertiary/aromatic N) is 3. The molecule has 98 valence electrons. The molecule has 0 amide bonds. The molecule has 1 heterocycles. The van der Waals surface area contributed by atoms with Gasteiger partial charge in [-0.05, 0) is 18.4 Å². The van der Waals surface area contributed by atoms with Crippen molar-refractivity contribution in [1.82, 2.24) is 9.97 Å². The SMILES string of the molecule is CSc1nc(Cl)cc(Nc2ccc([N+](=O)[O-])cc2)n1. The Morgan fingerprint density at radius 1 is 1.32 bits per heavy atom. The van der Waals surface area contributed by atoms with Crippen LogP contribution in [0, 0.1) is 10.1 Å². The number of hydrogen-bond donors (Lipinski definition) is 1. The maximum Gasteiger partial charge on any atom is 0.269 e. The van der Waals surface area contributed by atoms with Gasteiger partial charge < -0.3 is 5.32 Å². The highest BCUT2D eigenvalue weighted by molar-refractivity contribution is 7.98. The molecular formula is C11H9ClN4O2S. The van der Waals surface area contributed by atoms with Gasteiger partial charge in [-0.1, -0.05) is 23.4 Å². The number of rotatable bonds is 4. The van der Waals surface area contributed by atoms with Gasteiger partial charge in [-0.3, -0.25) is 10.1 Å². The lowest BCUT2D eigenvalue weighted by Crippen LogP contribution is -1.97. The largest absolute Gasteiger partial charge is 0.340 e. The fourth-order valence-corrected chi connectivity index (χ4v) is 1.98. The van der Waals surface area contributed by atoms with Crippen molar-refractivity contribution in [2.24, 2.45) is 0 Å². The second kappa shape index (κ2) is 5.85. The van der Waals surface area contributed by atoms with Crippen LogP contribution in [-0.4, -0.2) is 21.1 Å². The molecule has 1 N–H and O–H groups in total. The number of nitro benzene ring substituents is 1. The summed E-state index contributed by atoms with van der Waals surface area (Å²) in [6.07, 6.45) is 1.85. The molecule has 6 nitrogen and oxygen atoms in total. The van der Waals surface area contributed by atoms with Crippen molar-refractivity contribution in [2.75, 3.05) is 11.6 Å². The first-order valence-electron chi connectivity index (χ1n) is 5.18. The third-order valence-electron chi connectivity index (χ3n) is 2.21. The molecule has 8 heteroatoms. The monoisotopic (exact) mass is 296 g/mol. The molecule has 2 aromatic rings. The first-order chi connectivity index (χ1) is 9.08. The summed E-state index contributed by atoms with van der Waals surface area (Å²) in [5.74, 6) is 0.540. The van der Waals surface area contributed by atoms with Crippen molar-refractivity contribution in [1.29, 1.82) is 0 Å². The van der Waals surface area contributed by atoms with Crippen LogP contribution in [0.1, 0.15) is 0 Å². The number of halogens is 1. The van der Waals surface area contributed by atoms with Crippen LogP contribution in [0.3, 0.4) is 0 Å². The fraction of sp³-hybridized carbons (Fsp3) is 0.0909. The molecule has 0 aliphatic heterocycles. The fourth-order valence-electron chi connectivity index (χ4n) is 1.37. The molecule has 2 rings (SSSR count). The van der Waals surface area contributed by atoms with Gasteiger partial charge in [0.2, 0.25) is 0 Å². The van der Waals surface area contributed by atoms with Crippen LogP contribution in [-0.2, 0) is 0 Å². The van der Waals surface area contributed by atoms with Crippen molar-refractivity contribution < 1.29 is 4.92 Å². The maximum absolute atomic E-state index is 10.5. The minimum Gasteiger partial charge on any atom is -0.340 e. The topological polar surface area (TPSA) is 81.0 Å². The summed E-state index contributed by atoms with van der Waals surface area (Å²) in [4.78, 5) is 18.3. The van der Waals surface area contributed by atoms with Gasteiger partial charge in [0.1, 0.15) is 11.0 Å². The molecule has 0 aliphatic carbocycles. The summed E-state index contributed by atoms with van der Waals surface area (Å²) in [6.45, 7) is 0. The second-order valence-corrected chi connectivity index (χ2v) is 4.65. The lowest BCUT2D eigenvalue weighted by molar-refractivity contribution is -0.384. The maximum atomic E-state index is 10.5. The molecule has 0 saturated heterocycles. The molecule has 0 radical (unpaired) electrons. The van der Waals surface area contributed by atoms with E-state index in [0.29, 0.717) is 21.8 Å². The molecule has 1 aromatic heterocycles. The molecule has 0 saturated carbocycles. The van der Waals surface area contributed by atoms with Gasteiger partial charge in [0.05, 0.1) is 4.92 Å². The molecule has 0 fully saturated rings. The van der Waals surface area contributed by atoms with Crippen molar-refractivity contribution in [3.05, 3.63) is 45.6 Å². The van der Waals surface area contributed by atoms with E-state index < -0.39 is 4.92 Å². The van der Waals surface area contributed by atoms with Gasteiger partial charge in [0.25, 0.3) is 5.69 Å². The summed E-state index contributed by atoms with van der Waals surface area (Å²) in [5, 5.41) is 14.4. The molecule has 0 aliphatic rings. The Morgan fingerprint density at radius 3 is 2.58 bits per heavy atom. The van der Waals surface area contributed by atoms with E-state index in [1.165, 1.54) is 23.9 Å². The summed E-state index contributed by atoms with van der Waals surface area (Å²) in [5.41, 5.74) is 0.725. The van der Waals surface area contributed by atoms with E-state index in [-0.39, 0.29) is 5.69 Å². The Morgan fingerprint density at radius 2 is 2.00 bits per heavy atom. The Hall–Kier alpha value is -1.86. The van der Waals surface area contributed by atoms with E-state index >= 15 is 0 Å². The van der Waals surface area contributed by atoms with E-state index in [1.54, 1.807) is 18.2 Å². The summed E-state index contributed by atoms with van der Waals surface area (Å²) >= 11 is 7.25. The van der Waals surface area contributed by atoms with E-state index in [2.05, 4.69) is 15.3 Å². The smallest absolute Gasteiger partial charge is 0.269 e. The lowest BCUT2D eigenvalue weighted by atomic mass is 10.3. The van der Waals surface area contributed by atoms with Crippen molar-refractivity contribution >= 4 is 40.6 Å². The molecular weight excluding hydrogens is 288 g/mol. The number of anilines is 2. The minimum absolute atomic E-state index is 0.0380. The van der Waals surface area contributed by atoms with Crippen LogP contribution in [0.4, 0.5) is 17.2 Å². The standard InChI is InChI=1S/C11H9ClN4O2S/c1-19-11-14-9(12)6-10(15-11)13-7-2-4-8(5-3-7)16(17)18/h2-6H,1H3,(H,13,14,15). The van der Waals surface area contributed by atoms with Gasteiger partial charge in [0, 0.05) is 23.9 Å². The quantitative estimate of drug-likeness (QED) is 0.306. The second-order valence-electron chi connectivity index (χ2n) is 3.49. The van der Waals surface area contributed by atoms with Crippen molar-refractivity contribution in [3.8, 4) is 0 Å². The van der Waals surface area contributed by atoms with Crippen LogP contribution in [0.25, 0.3) is 0 Å². The third-order valence-corrected chi connectivity index (χ3v) is 2.95. The summed E-state index contributed by atoms with van der Waals surface area (Å²) in [7, 11) is 0. The highest BCUT2D eigenvalue weighted by Crippen LogP contribution is 2.22.